The summed E-state index contributed by atoms with van der Waals surface area (Å²) >= 11 is 0. The van der Waals surface area contributed by atoms with Crippen molar-refractivity contribution in [1.82, 2.24) is 0 Å². The van der Waals surface area contributed by atoms with Gasteiger partial charge in [0.1, 0.15) is 54.9 Å². The van der Waals surface area contributed by atoms with Crippen LogP contribution in [0.1, 0.15) is 284 Å². The lowest BCUT2D eigenvalue weighted by Crippen LogP contribution is -2.61. The fourth-order valence-electron chi connectivity index (χ4n) is 10.7. The number of esters is 1. The third kappa shape index (κ3) is 39.5. The van der Waals surface area contributed by atoms with Crippen molar-refractivity contribution in [2.45, 2.75) is 351 Å². The third-order valence-electron chi connectivity index (χ3n) is 16.1. The Bertz CT molecular complexity index is 1480. The highest BCUT2D eigenvalue weighted by molar-refractivity contribution is 5.69. The van der Waals surface area contributed by atoms with Crippen LogP contribution in [0, 0.1) is 0 Å². The van der Waals surface area contributed by atoms with Gasteiger partial charge in [-0.3, -0.25) is 4.79 Å². The minimum absolute atomic E-state index is 0.0633. The highest BCUT2D eigenvalue weighted by Gasteiger charge is 2.47. The van der Waals surface area contributed by atoms with Gasteiger partial charge in [0.05, 0.1) is 26.4 Å². The van der Waals surface area contributed by atoms with Crippen LogP contribution >= 0.6 is 0 Å². The van der Waals surface area contributed by atoms with Gasteiger partial charge in [-0.15, -0.1) is 0 Å². The molecule has 0 aromatic rings. The van der Waals surface area contributed by atoms with Crippen LogP contribution in [-0.4, -0.2) is 142 Å². The molecule has 0 spiro atoms. The Balaban J connectivity index is 1.65. The van der Waals surface area contributed by atoms with Gasteiger partial charge in [-0.1, -0.05) is 243 Å². The Labute approximate surface area is 493 Å². The average Bonchev–Trinajstić information content (AvgIpc) is 3.60. The fourth-order valence-corrected chi connectivity index (χ4v) is 10.7. The highest BCUT2D eigenvalue weighted by atomic mass is 16.7. The molecule has 11 unspecified atom stereocenters. The van der Waals surface area contributed by atoms with Gasteiger partial charge in [0.15, 0.2) is 12.6 Å². The van der Waals surface area contributed by atoms with E-state index in [1.165, 1.54) is 212 Å². The van der Waals surface area contributed by atoms with Crippen LogP contribution in [0.3, 0.4) is 0 Å². The molecule has 2 heterocycles. The third-order valence-corrected chi connectivity index (χ3v) is 16.1. The van der Waals surface area contributed by atoms with Gasteiger partial charge < -0.3 is 64.2 Å². The lowest BCUT2D eigenvalue weighted by molar-refractivity contribution is -0.332. The minimum Gasteiger partial charge on any atom is -0.457 e. The molecule has 2 saturated heterocycles. The van der Waals surface area contributed by atoms with Crippen LogP contribution in [0.15, 0.2) is 36.5 Å². The summed E-state index contributed by atoms with van der Waals surface area (Å²) in [5, 5.41) is 72.6. The molecule has 476 valence electrons. The van der Waals surface area contributed by atoms with E-state index in [1.54, 1.807) is 0 Å². The Kier molecular flexibility index (Phi) is 49.9. The van der Waals surface area contributed by atoms with Crippen molar-refractivity contribution in [2.75, 3.05) is 33.0 Å². The highest BCUT2D eigenvalue weighted by Crippen LogP contribution is 2.27. The molecule has 7 N–H and O–H groups in total. The number of rotatable bonds is 56. The summed E-state index contributed by atoms with van der Waals surface area (Å²) in [7, 11) is 0. The van der Waals surface area contributed by atoms with Crippen molar-refractivity contribution in [1.29, 1.82) is 0 Å². The second-order valence-corrected chi connectivity index (χ2v) is 23.6. The van der Waals surface area contributed by atoms with E-state index < -0.39 is 80.7 Å². The fraction of sp³-hybridized carbons (Fsp3) is 0.896. The number of ether oxygens (including phenoxy) is 6. The molecule has 0 aromatic heterocycles. The van der Waals surface area contributed by atoms with Gasteiger partial charge in [0, 0.05) is 13.0 Å². The van der Waals surface area contributed by atoms with E-state index in [0.717, 1.165) is 44.9 Å². The zero-order chi connectivity index (χ0) is 58.6. The number of unbranched alkanes of at least 4 members (excludes halogenated alkanes) is 36. The van der Waals surface area contributed by atoms with Gasteiger partial charge in [0.25, 0.3) is 0 Å². The number of hydrogen-bond donors (Lipinski definition) is 7. The minimum atomic E-state index is -1.71. The Morgan fingerprint density at radius 3 is 1.20 bits per heavy atom. The molecule has 2 fully saturated rings. The first-order valence-electron chi connectivity index (χ1n) is 33.6. The van der Waals surface area contributed by atoms with Crippen molar-refractivity contribution in [3.05, 3.63) is 36.5 Å². The van der Waals surface area contributed by atoms with Crippen molar-refractivity contribution in [2.24, 2.45) is 0 Å². The number of aliphatic hydroxyl groups is 7. The molecular weight excluding hydrogens is 1030 g/mol. The number of aliphatic hydroxyl groups excluding tert-OH is 7. The van der Waals surface area contributed by atoms with Crippen molar-refractivity contribution < 1.29 is 69.0 Å². The first-order chi connectivity index (χ1) is 39.6. The summed E-state index contributed by atoms with van der Waals surface area (Å²) in [6.45, 7) is 3.73. The van der Waals surface area contributed by atoms with E-state index in [9.17, 15) is 40.5 Å². The summed E-state index contributed by atoms with van der Waals surface area (Å²) < 4.78 is 34.5. The monoisotopic (exact) mass is 1150 g/mol. The van der Waals surface area contributed by atoms with Crippen LogP contribution in [0.25, 0.3) is 0 Å². The van der Waals surface area contributed by atoms with Crippen molar-refractivity contribution in [3.8, 4) is 0 Å². The quantitative estimate of drug-likeness (QED) is 0.0171. The normalized spacial score (nSPS) is 23.9. The molecule has 81 heavy (non-hydrogen) atoms. The molecule has 0 amide bonds. The molecule has 0 saturated carbocycles. The molecule has 2 aliphatic rings. The maximum absolute atomic E-state index is 13.1. The van der Waals surface area contributed by atoms with Crippen LogP contribution in [-0.2, 0) is 33.2 Å². The van der Waals surface area contributed by atoms with E-state index in [1.807, 2.05) is 0 Å². The van der Waals surface area contributed by atoms with E-state index >= 15 is 0 Å². The molecule has 2 aliphatic heterocycles. The molecular formula is C67H124O14. The van der Waals surface area contributed by atoms with Gasteiger partial charge in [-0.05, 0) is 70.6 Å². The predicted octanol–water partition coefficient (Wildman–Crippen LogP) is 13.6. The van der Waals surface area contributed by atoms with E-state index in [0.29, 0.717) is 13.0 Å². The Hall–Kier alpha value is -1.79. The van der Waals surface area contributed by atoms with Gasteiger partial charge >= 0.3 is 5.97 Å². The summed E-state index contributed by atoms with van der Waals surface area (Å²) in [5.41, 5.74) is 0. The number of carbonyl (C=O) groups excluding carboxylic acids is 1. The topological polar surface area (TPSA) is 214 Å². The second-order valence-electron chi connectivity index (χ2n) is 23.6. The zero-order valence-electron chi connectivity index (χ0n) is 51.5. The predicted molar refractivity (Wildman–Crippen MR) is 326 cm³/mol. The molecule has 0 radical (unpaired) electrons. The number of carbonyl (C=O) groups is 1. The summed E-state index contributed by atoms with van der Waals surface area (Å²) in [6, 6.07) is 0. The standard InChI is InChI=1S/C67H124O14/c1-3-5-7-9-11-13-15-17-19-21-23-25-26-27-28-29-31-33-35-37-39-41-43-45-47-49-51-76-53-56(54-77-66-65(75)63(73)61(71)58(81-66)55-78-67-64(74)62(72)60(70)57(52-68)80-67)79-59(69)50-48-46-44-42-40-38-36-34-32-30-24-22-20-18-16-14-12-10-8-6-4-2/h15,17,21-24,56-58,60-68,70-75H,3-14,16,18-20,25-55H2,1-2H3/b17-15-,23-21-,24-22-. The smallest absolute Gasteiger partial charge is 0.306 e. The molecule has 14 heteroatoms. The van der Waals surface area contributed by atoms with Gasteiger partial charge in [0.2, 0.25) is 0 Å². The van der Waals surface area contributed by atoms with E-state index in [4.69, 9.17) is 28.4 Å². The van der Waals surface area contributed by atoms with Crippen LogP contribution < -0.4 is 0 Å². The first kappa shape index (κ1) is 75.3. The van der Waals surface area contributed by atoms with Crippen LogP contribution in [0.4, 0.5) is 0 Å². The van der Waals surface area contributed by atoms with Gasteiger partial charge in [-0.25, -0.2) is 0 Å². The summed E-state index contributed by atoms with van der Waals surface area (Å²) in [4.78, 5) is 13.1. The Morgan fingerprint density at radius 1 is 0.407 bits per heavy atom. The molecule has 11 atom stereocenters. The van der Waals surface area contributed by atoms with E-state index in [-0.39, 0.29) is 25.6 Å². The van der Waals surface area contributed by atoms with Crippen molar-refractivity contribution in [3.63, 3.8) is 0 Å². The maximum atomic E-state index is 13.1. The zero-order valence-corrected chi connectivity index (χ0v) is 51.5. The van der Waals surface area contributed by atoms with Crippen LogP contribution in [0.5, 0.6) is 0 Å². The number of allylic oxidation sites excluding steroid dienone is 6. The molecule has 0 aromatic carbocycles. The maximum Gasteiger partial charge on any atom is 0.306 e. The molecule has 14 nitrogen and oxygen atoms in total. The largest absolute Gasteiger partial charge is 0.457 e. The molecule has 2 rings (SSSR count). The SMILES string of the molecule is CCCCCCC/C=C\C/C=C\CCCCCCCCCCCCCCCCOCC(COC1OC(COC2OC(CO)C(O)C(O)C2O)C(O)C(O)C1O)OC(=O)CCCCCCCCCCC/C=C\CCCCCCCCCC. The number of hydrogen-bond acceptors (Lipinski definition) is 14. The van der Waals surface area contributed by atoms with E-state index in [2.05, 4.69) is 50.3 Å². The first-order valence-corrected chi connectivity index (χ1v) is 33.6. The summed E-state index contributed by atoms with van der Waals surface area (Å²) in [6.07, 6.45) is 49.3. The van der Waals surface area contributed by atoms with Gasteiger partial charge in [-0.2, -0.15) is 0 Å². The average molecular weight is 1150 g/mol. The lowest BCUT2D eigenvalue weighted by atomic mass is 9.98. The molecule has 0 bridgehead atoms. The Morgan fingerprint density at radius 2 is 0.765 bits per heavy atom. The lowest BCUT2D eigenvalue weighted by Gasteiger charge is -2.42. The summed E-state index contributed by atoms with van der Waals surface area (Å²) in [5.74, 6) is -0.373. The van der Waals surface area contributed by atoms with Crippen molar-refractivity contribution >= 4 is 5.97 Å². The second kappa shape index (κ2) is 53.7. The molecule has 0 aliphatic carbocycles. The van der Waals surface area contributed by atoms with Crippen LogP contribution in [0.2, 0.25) is 0 Å².